The molecule has 29 heavy (non-hydrogen) atoms. The van der Waals surface area contributed by atoms with Crippen LogP contribution >= 0.6 is 0 Å². The standard InChI is InChI=1S/C17H19F3N2O5S2/c1-2-3-12-21-28(23,24)15-8-4-13(5-9-15)22-29(25,26)16-10-6-14(7-11-16)27-17(18,19)20/h4-11,21-22H,2-3,12H2,1H3. The average molecular weight is 452 g/mol. The average Bonchev–Trinajstić information content (AvgIpc) is 2.61. The van der Waals surface area contributed by atoms with E-state index in [1.54, 1.807) is 0 Å². The van der Waals surface area contributed by atoms with Gasteiger partial charge in [-0.25, -0.2) is 21.6 Å². The van der Waals surface area contributed by atoms with Crippen LogP contribution in [0.5, 0.6) is 5.75 Å². The van der Waals surface area contributed by atoms with Crippen LogP contribution in [0.2, 0.25) is 0 Å². The van der Waals surface area contributed by atoms with Gasteiger partial charge in [0.15, 0.2) is 0 Å². The normalized spacial score (nSPS) is 12.6. The second kappa shape index (κ2) is 9.01. The van der Waals surface area contributed by atoms with E-state index in [1.807, 2.05) is 6.92 Å². The van der Waals surface area contributed by atoms with Gasteiger partial charge >= 0.3 is 6.36 Å². The lowest BCUT2D eigenvalue weighted by molar-refractivity contribution is -0.274. The summed E-state index contributed by atoms with van der Waals surface area (Å²) in [7, 11) is -7.79. The zero-order valence-electron chi connectivity index (χ0n) is 15.2. The molecule has 0 aliphatic heterocycles. The van der Waals surface area contributed by atoms with Crippen LogP contribution in [0.15, 0.2) is 58.3 Å². The molecule has 2 aromatic rings. The Morgan fingerprint density at radius 3 is 1.90 bits per heavy atom. The number of ether oxygens (including phenoxy) is 1. The number of sulfonamides is 2. The van der Waals surface area contributed by atoms with Gasteiger partial charge in [-0.15, -0.1) is 13.2 Å². The third-order valence-corrected chi connectivity index (χ3v) is 6.48. The lowest BCUT2D eigenvalue weighted by atomic mass is 10.3. The topological polar surface area (TPSA) is 102 Å². The lowest BCUT2D eigenvalue weighted by Crippen LogP contribution is -2.24. The van der Waals surface area contributed by atoms with Crippen molar-refractivity contribution in [3.63, 3.8) is 0 Å². The first-order valence-corrected chi connectivity index (χ1v) is 11.4. The summed E-state index contributed by atoms with van der Waals surface area (Å²) in [6, 6.07) is 8.69. The van der Waals surface area contributed by atoms with E-state index in [-0.39, 0.29) is 15.5 Å². The molecular formula is C17H19F3N2O5S2. The molecule has 0 radical (unpaired) electrons. The van der Waals surface area contributed by atoms with Crippen LogP contribution in [-0.4, -0.2) is 29.7 Å². The molecule has 2 aromatic carbocycles. The fourth-order valence-corrected chi connectivity index (χ4v) is 4.34. The molecule has 0 heterocycles. The van der Waals surface area contributed by atoms with Crippen LogP contribution in [0.25, 0.3) is 0 Å². The number of rotatable bonds is 9. The van der Waals surface area contributed by atoms with Crippen molar-refractivity contribution in [2.75, 3.05) is 11.3 Å². The second-order valence-corrected chi connectivity index (χ2v) is 9.35. The fraction of sp³-hybridized carbons (Fsp3) is 0.294. The number of halogens is 3. The summed E-state index contributed by atoms with van der Waals surface area (Å²) in [5.41, 5.74) is 0.0909. The van der Waals surface area contributed by atoms with Gasteiger partial charge in [-0.3, -0.25) is 4.72 Å². The number of benzene rings is 2. The van der Waals surface area contributed by atoms with Crippen molar-refractivity contribution in [2.24, 2.45) is 0 Å². The Hall–Kier alpha value is -2.31. The van der Waals surface area contributed by atoms with Gasteiger partial charge in [0.25, 0.3) is 10.0 Å². The van der Waals surface area contributed by atoms with E-state index in [2.05, 4.69) is 14.2 Å². The molecule has 0 saturated heterocycles. The fourth-order valence-electron chi connectivity index (χ4n) is 2.20. The van der Waals surface area contributed by atoms with Gasteiger partial charge in [0.05, 0.1) is 9.79 Å². The first-order valence-electron chi connectivity index (χ1n) is 8.41. The Labute approximate surface area is 167 Å². The van der Waals surface area contributed by atoms with Gasteiger partial charge in [-0.2, -0.15) is 0 Å². The van der Waals surface area contributed by atoms with Gasteiger partial charge in [-0.1, -0.05) is 13.3 Å². The maximum Gasteiger partial charge on any atom is 0.573 e. The highest BCUT2D eigenvalue weighted by Gasteiger charge is 2.31. The van der Waals surface area contributed by atoms with Crippen molar-refractivity contribution in [1.29, 1.82) is 0 Å². The summed E-state index contributed by atoms with van der Waals surface area (Å²) >= 11 is 0. The first kappa shape index (κ1) is 23.0. The van der Waals surface area contributed by atoms with Crippen molar-refractivity contribution in [3.8, 4) is 5.75 Å². The molecule has 2 rings (SSSR count). The summed E-state index contributed by atoms with van der Waals surface area (Å²) < 4.78 is 93.8. The van der Waals surface area contributed by atoms with Crippen LogP contribution in [-0.2, 0) is 20.0 Å². The quantitative estimate of drug-likeness (QED) is 0.568. The van der Waals surface area contributed by atoms with Crippen LogP contribution in [0.3, 0.4) is 0 Å². The minimum atomic E-state index is -4.88. The summed E-state index contributed by atoms with van der Waals surface area (Å²) in [5, 5.41) is 0. The lowest BCUT2D eigenvalue weighted by Gasteiger charge is -2.11. The monoisotopic (exact) mass is 452 g/mol. The smallest absolute Gasteiger partial charge is 0.406 e. The molecule has 2 N–H and O–H groups in total. The van der Waals surface area contributed by atoms with E-state index in [0.717, 1.165) is 30.7 Å². The minimum absolute atomic E-state index is 0.0230. The Balaban J connectivity index is 2.10. The van der Waals surface area contributed by atoms with E-state index in [1.165, 1.54) is 24.3 Å². The molecule has 0 saturated carbocycles. The molecule has 0 amide bonds. The van der Waals surface area contributed by atoms with E-state index >= 15 is 0 Å². The van der Waals surface area contributed by atoms with Gasteiger partial charge in [0.2, 0.25) is 10.0 Å². The number of unbranched alkanes of at least 4 members (excludes halogenated alkanes) is 1. The van der Waals surface area contributed by atoms with Gasteiger partial charge in [0, 0.05) is 12.2 Å². The van der Waals surface area contributed by atoms with E-state index in [4.69, 9.17) is 0 Å². The molecule has 0 unspecified atom stereocenters. The maximum absolute atomic E-state index is 12.3. The molecular weight excluding hydrogens is 433 g/mol. The molecule has 0 aliphatic rings. The summed E-state index contributed by atoms with van der Waals surface area (Å²) in [6.45, 7) is 2.22. The molecule has 160 valence electrons. The Morgan fingerprint density at radius 1 is 0.862 bits per heavy atom. The predicted octanol–water partition coefficient (Wildman–Crippen LogP) is 3.46. The van der Waals surface area contributed by atoms with Crippen LogP contribution in [0.1, 0.15) is 19.8 Å². The zero-order chi connectivity index (χ0) is 21.7. The zero-order valence-corrected chi connectivity index (χ0v) is 16.9. The Kier molecular flexibility index (Phi) is 7.14. The van der Waals surface area contributed by atoms with Crippen molar-refractivity contribution < 1.29 is 34.7 Å². The third kappa shape index (κ3) is 6.91. The third-order valence-electron chi connectivity index (χ3n) is 3.61. The highest BCUT2D eigenvalue weighted by atomic mass is 32.2. The molecule has 0 aromatic heterocycles. The summed E-state index contributed by atoms with van der Waals surface area (Å²) in [5.74, 6) is -0.554. The van der Waals surface area contributed by atoms with Crippen molar-refractivity contribution in [1.82, 2.24) is 4.72 Å². The molecule has 0 aliphatic carbocycles. The summed E-state index contributed by atoms with van der Waals surface area (Å²) in [6.07, 6.45) is -3.37. The first-order chi connectivity index (χ1) is 13.4. The minimum Gasteiger partial charge on any atom is -0.406 e. The predicted molar refractivity (Wildman–Crippen MR) is 100 cm³/mol. The number of nitrogens with one attached hydrogen (secondary N) is 2. The van der Waals surface area contributed by atoms with E-state index < -0.39 is 32.2 Å². The van der Waals surface area contributed by atoms with Crippen LogP contribution in [0.4, 0.5) is 18.9 Å². The largest absolute Gasteiger partial charge is 0.573 e. The molecule has 0 fully saturated rings. The van der Waals surface area contributed by atoms with Crippen molar-refractivity contribution in [3.05, 3.63) is 48.5 Å². The molecule has 12 heteroatoms. The van der Waals surface area contributed by atoms with Gasteiger partial charge < -0.3 is 4.74 Å². The van der Waals surface area contributed by atoms with Crippen LogP contribution < -0.4 is 14.2 Å². The Morgan fingerprint density at radius 2 is 1.38 bits per heavy atom. The SMILES string of the molecule is CCCCNS(=O)(=O)c1ccc(NS(=O)(=O)c2ccc(OC(F)(F)F)cc2)cc1. The van der Waals surface area contributed by atoms with E-state index in [0.29, 0.717) is 13.0 Å². The molecule has 0 spiro atoms. The highest BCUT2D eigenvalue weighted by Crippen LogP contribution is 2.25. The molecule has 0 atom stereocenters. The van der Waals surface area contributed by atoms with Crippen molar-refractivity contribution >= 4 is 25.7 Å². The summed E-state index contributed by atoms with van der Waals surface area (Å²) in [4.78, 5) is -0.310. The second-order valence-electron chi connectivity index (χ2n) is 5.90. The van der Waals surface area contributed by atoms with Gasteiger partial charge in [0.1, 0.15) is 5.75 Å². The van der Waals surface area contributed by atoms with E-state index in [9.17, 15) is 30.0 Å². The molecule has 0 bridgehead atoms. The number of hydrogen-bond acceptors (Lipinski definition) is 5. The maximum atomic E-state index is 12.3. The van der Waals surface area contributed by atoms with Crippen molar-refractivity contribution in [2.45, 2.75) is 35.9 Å². The highest BCUT2D eigenvalue weighted by molar-refractivity contribution is 7.92. The number of hydrogen-bond donors (Lipinski definition) is 2. The number of anilines is 1. The molecule has 7 nitrogen and oxygen atoms in total. The Bertz CT molecular complexity index is 1020. The number of alkyl halides is 3. The van der Waals surface area contributed by atoms with Gasteiger partial charge in [-0.05, 0) is 55.0 Å². The van der Waals surface area contributed by atoms with Crippen LogP contribution in [0, 0.1) is 0 Å².